The lowest BCUT2D eigenvalue weighted by Gasteiger charge is -2.28. The van der Waals surface area contributed by atoms with Gasteiger partial charge in [-0.25, -0.2) is 8.78 Å². The molecule has 0 aromatic heterocycles. The largest absolute Gasteiger partial charge is 0.378 e. The monoisotopic (exact) mass is 205 g/mol. The Morgan fingerprint density at radius 1 is 1.36 bits per heavy atom. The maximum Gasteiger partial charge on any atom is 0.242 e. The molecule has 2 nitrogen and oxygen atoms in total. The summed E-state index contributed by atoms with van der Waals surface area (Å²) in [5.41, 5.74) is 0. The van der Waals surface area contributed by atoms with Crippen molar-refractivity contribution < 1.29 is 13.5 Å². The van der Waals surface area contributed by atoms with Crippen molar-refractivity contribution in [1.82, 2.24) is 5.32 Å². The van der Waals surface area contributed by atoms with E-state index in [0.29, 0.717) is 12.5 Å². The normalized spacial score (nSPS) is 42.9. The maximum atomic E-state index is 12.2. The van der Waals surface area contributed by atoms with Crippen molar-refractivity contribution >= 4 is 0 Å². The van der Waals surface area contributed by atoms with Crippen LogP contribution in [-0.4, -0.2) is 31.2 Å². The molecule has 1 aliphatic carbocycles. The summed E-state index contributed by atoms with van der Waals surface area (Å²) in [6, 6.07) is 0.442. The topological polar surface area (TPSA) is 21.3 Å². The predicted octanol–water partition coefficient (Wildman–Crippen LogP) is 1.80. The van der Waals surface area contributed by atoms with Crippen LogP contribution in [0.25, 0.3) is 0 Å². The Bertz CT molecular complexity index is 201. The van der Waals surface area contributed by atoms with Gasteiger partial charge < -0.3 is 10.1 Å². The van der Waals surface area contributed by atoms with Gasteiger partial charge in [0, 0.05) is 24.6 Å². The minimum atomic E-state index is -2.15. The Morgan fingerprint density at radius 3 is 2.71 bits per heavy atom. The molecule has 2 rings (SSSR count). The molecule has 2 unspecified atom stereocenters. The first kappa shape index (κ1) is 10.3. The van der Waals surface area contributed by atoms with Crippen molar-refractivity contribution in [3.05, 3.63) is 0 Å². The van der Waals surface area contributed by atoms with Gasteiger partial charge in [-0.3, -0.25) is 0 Å². The molecule has 4 atom stereocenters. The molecule has 0 radical (unpaired) electrons. The van der Waals surface area contributed by atoms with Crippen LogP contribution in [0.4, 0.5) is 8.78 Å². The van der Waals surface area contributed by atoms with Gasteiger partial charge in [-0.05, 0) is 26.2 Å². The van der Waals surface area contributed by atoms with E-state index < -0.39 is 12.3 Å². The van der Waals surface area contributed by atoms with E-state index in [4.69, 9.17) is 4.74 Å². The highest BCUT2D eigenvalue weighted by Gasteiger charge is 2.45. The summed E-state index contributed by atoms with van der Waals surface area (Å²) < 4.78 is 29.9. The van der Waals surface area contributed by atoms with Gasteiger partial charge in [0.15, 0.2) is 0 Å². The van der Waals surface area contributed by atoms with Crippen molar-refractivity contribution in [3.63, 3.8) is 0 Å². The highest BCUT2D eigenvalue weighted by Crippen LogP contribution is 2.37. The molecule has 0 aromatic carbocycles. The molecule has 2 aliphatic rings. The number of hydrogen-bond acceptors (Lipinski definition) is 2. The molecule has 2 fully saturated rings. The number of hydrogen-bond donors (Lipinski definition) is 1. The third kappa shape index (κ3) is 2.42. The second kappa shape index (κ2) is 4.11. The Hall–Kier alpha value is -0.220. The molecule has 0 aromatic rings. The Kier molecular flexibility index (Phi) is 3.02. The first-order valence-electron chi connectivity index (χ1n) is 5.32. The summed E-state index contributed by atoms with van der Waals surface area (Å²) in [7, 11) is 0. The van der Waals surface area contributed by atoms with Gasteiger partial charge in [-0.15, -0.1) is 0 Å². The van der Waals surface area contributed by atoms with Gasteiger partial charge in [-0.1, -0.05) is 0 Å². The van der Waals surface area contributed by atoms with Crippen LogP contribution in [0.1, 0.15) is 26.2 Å². The molecule has 1 saturated heterocycles. The lowest BCUT2D eigenvalue weighted by atomic mass is 10.0. The SMILES string of the molecule is CC1CC(N[C@H]2C[C@@H]2C(F)F)CCO1. The van der Waals surface area contributed by atoms with Gasteiger partial charge in [0.25, 0.3) is 0 Å². The fourth-order valence-electron chi connectivity index (χ4n) is 2.14. The van der Waals surface area contributed by atoms with E-state index in [-0.39, 0.29) is 12.1 Å². The van der Waals surface area contributed by atoms with Gasteiger partial charge in [0.2, 0.25) is 6.43 Å². The average molecular weight is 205 g/mol. The quantitative estimate of drug-likeness (QED) is 0.758. The third-order valence-electron chi connectivity index (χ3n) is 3.10. The standard InChI is InChI=1S/C10H17F2NO/c1-6-4-7(2-3-14-6)13-9-5-8(9)10(11)12/h6-10,13H,2-5H2,1H3/t6?,7?,8-,9-/m0/s1. The Morgan fingerprint density at radius 2 is 2.14 bits per heavy atom. The van der Waals surface area contributed by atoms with Crippen LogP contribution < -0.4 is 5.32 Å². The van der Waals surface area contributed by atoms with Gasteiger partial charge in [0.1, 0.15) is 0 Å². The highest BCUT2D eigenvalue weighted by molar-refractivity contribution is 4.97. The molecule has 82 valence electrons. The van der Waals surface area contributed by atoms with E-state index in [2.05, 4.69) is 5.32 Å². The van der Waals surface area contributed by atoms with E-state index in [1.54, 1.807) is 0 Å². The molecule has 0 amide bonds. The van der Waals surface area contributed by atoms with Gasteiger partial charge in [0.05, 0.1) is 6.10 Å². The molecule has 1 heterocycles. The molecule has 0 spiro atoms. The maximum absolute atomic E-state index is 12.2. The Labute approximate surface area is 83.0 Å². The van der Waals surface area contributed by atoms with Crippen molar-refractivity contribution in [2.24, 2.45) is 5.92 Å². The molecular formula is C10H17F2NO. The lowest BCUT2D eigenvalue weighted by molar-refractivity contribution is 0.0121. The summed E-state index contributed by atoms with van der Waals surface area (Å²) in [4.78, 5) is 0. The summed E-state index contributed by atoms with van der Waals surface area (Å²) >= 11 is 0. The van der Waals surface area contributed by atoms with E-state index >= 15 is 0 Å². The van der Waals surface area contributed by atoms with Crippen LogP contribution in [0.15, 0.2) is 0 Å². The minimum absolute atomic E-state index is 0.0605. The average Bonchev–Trinajstić information content (AvgIpc) is 2.84. The second-order valence-corrected chi connectivity index (χ2v) is 4.41. The summed E-state index contributed by atoms with van der Waals surface area (Å²) in [6.07, 6.45) is 0.668. The van der Waals surface area contributed by atoms with Crippen LogP contribution in [0.3, 0.4) is 0 Å². The molecule has 1 N–H and O–H groups in total. The zero-order valence-corrected chi connectivity index (χ0v) is 8.38. The second-order valence-electron chi connectivity index (χ2n) is 4.41. The molecule has 14 heavy (non-hydrogen) atoms. The number of nitrogens with one attached hydrogen (secondary N) is 1. The number of alkyl halides is 2. The van der Waals surface area contributed by atoms with Crippen molar-refractivity contribution in [1.29, 1.82) is 0 Å². The summed E-state index contributed by atoms with van der Waals surface area (Å²) in [6.45, 7) is 2.79. The van der Waals surface area contributed by atoms with Crippen LogP contribution >= 0.6 is 0 Å². The summed E-state index contributed by atoms with van der Waals surface area (Å²) in [5.74, 6) is -0.395. The van der Waals surface area contributed by atoms with Gasteiger partial charge in [-0.2, -0.15) is 0 Å². The predicted molar refractivity (Wildman–Crippen MR) is 49.5 cm³/mol. The number of rotatable bonds is 3. The van der Waals surface area contributed by atoms with E-state index in [1.165, 1.54) is 0 Å². The van der Waals surface area contributed by atoms with Crippen molar-refractivity contribution in [3.8, 4) is 0 Å². The van der Waals surface area contributed by atoms with Gasteiger partial charge >= 0.3 is 0 Å². The number of halogens is 2. The first-order chi connectivity index (χ1) is 6.66. The lowest BCUT2D eigenvalue weighted by Crippen LogP contribution is -2.39. The minimum Gasteiger partial charge on any atom is -0.378 e. The third-order valence-corrected chi connectivity index (χ3v) is 3.10. The highest BCUT2D eigenvalue weighted by atomic mass is 19.3. The summed E-state index contributed by atoms with van der Waals surface area (Å²) in [5, 5.41) is 3.29. The molecule has 0 bridgehead atoms. The van der Waals surface area contributed by atoms with Crippen LogP contribution in [0.2, 0.25) is 0 Å². The molecule has 1 saturated carbocycles. The number of ether oxygens (including phenoxy) is 1. The fourth-order valence-corrected chi connectivity index (χ4v) is 2.14. The van der Waals surface area contributed by atoms with E-state index in [9.17, 15) is 8.78 Å². The zero-order valence-electron chi connectivity index (χ0n) is 8.38. The van der Waals surface area contributed by atoms with Crippen LogP contribution in [0, 0.1) is 5.92 Å². The Balaban J connectivity index is 1.71. The smallest absolute Gasteiger partial charge is 0.242 e. The first-order valence-corrected chi connectivity index (χ1v) is 5.32. The van der Waals surface area contributed by atoms with Crippen molar-refractivity contribution in [2.75, 3.05) is 6.61 Å². The van der Waals surface area contributed by atoms with E-state index in [0.717, 1.165) is 19.4 Å². The van der Waals surface area contributed by atoms with Crippen LogP contribution in [-0.2, 0) is 4.74 Å². The van der Waals surface area contributed by atoms with E-state index in [1.807, 2.05) is 6.92 Å². The molecule has 4 heteroatoms. The fraction of sp³-hybridized carbons (Fsp3) is 1.00. The molecular weight excluding hydrogens is 188 g/mol. The molecule has 1 aliphatic heterocycles. The van der Waals surface area contributed by atoms with Crippen LogP contribution in [0.5, 0.6) is 0 Å². The van der Waals surface area contributed by atoms with Crippen molar-refractivity contribution in [2.45, 2.75) is 50.8 Å². The zero-order chi connectivity index (χ0) is 10.1.